The molecule has 2 aromatic carbocycles. The molecule has 0 radical (unpaired) electrons. The highest BCUT2D eigenvalue weighted by atomic mass is 16.2. The molecule has 1 saturated carbocycles. The van der Waals surface area contributed by atoms with E-state index in [9.17, 15) is 14.4 Å². The van der Waals surface area contributed by atoms with Gasteiger partial charge in [-0.3, -0.25) is 34.1 Å². The number of imide groups is 1. The summed E-state index contributed by atoms with van der Waals surface area (Å²) in [6, 6.07) is 12.3. The zero-order valence-electron chi connectivity index (χ0n) is 22.7. The molecule has 2 saturated heterocycles. The highest BCUT2D eigenvalue weighted by molar-refractivity contribution is 5.99. The summed E-state index contributed by atoms with van der Waals surface area (Å²) < 4.78 is 1.43. The van der Waals surface area contributed by atoms with Crippen LogP contribution < -0.4 is 16.2 Å². The Morgan fingerprint density at radius 2 is 1.79 bits per heavy atom. The predicted octanol–water partition coefficient (Wildman–Crippen LogP) is 2.88. The minimum atomic E-state index is -0.743. The van der Waals surface area contributed by atoms with Crippen LogP contribution in [0.4, 0.5) is 5.69 Å². The van der Waals surface area contributed by atoms with Crippen LogP contribution >= 0.6 is 0 Å². The minimum absolute atomic E-state index is 0.201. The first-order valence-corrected chi connectivity index (χ1v) is 14.0. The largest absolute Gasteiger partial charge is 0.380 e. The van der Waals surface area contributed by atoms with Crippen LogP contribution in [0.1, 0.15) is 54.2 Å². The standard InChI is InChI=1S/C30H36N6O3/c1-19-16-21(6-7-22(19)18-34-12-14-35(15-13-34)23-8-9-23)17-31-24-4-3-5-25-28(24)30(39)36(20(2)32-25)26-10-11-27(37)33-29(26)38/h3-7,16,23,26,31H,8-15,17-18H2,1-2H3,(H,33,37,38). The molecule has 1 unspecified atom stereocenters. The summed E-state index contributed by atoms with van der Waals surface area (Å²) in [4.78, 5) is 47.7. The third-order valence-corrected chi connectivity index (χ3v) is 8.38. The number of piperidine rings is 1. The Kier molecular flexibility index (Phi) is 6.95. The number of nitrogens with zero attached hydrogens (tertiary/aromatic N) is 4. The maximum atomic E-state index is 13.7. The van der Waals surface area contributed by atoms with E-state index in [-0.39, 0.29) is 24.3 Å². The molecular formula is C30H36N6O3. The number of aromatic nitrogens is 2. The Balaban J connectivity index is 1.17. The van der Waals surface area contributed by atoms with Crippen molar-refractivity contribution in [3.63, 3.8) is 0 Å². The van der Waals surface area contributed by atoms with Gasteiger partial charge in [-0.1, -0.05) is 24.3 Å². The number of nitrogens with one attached hydrogen (secondary N) is 2. The minimum Gasteiger partial charge on any atom is -0.380 e. The number of fused-ring (bicyclic) bond motifs is 1. The molecule has 39 heavy (non-hydrogen) atoms. The Bertz CT molecular complexity index is 1490. The normalized spacial score (nSPS) is 20.8. The fraction of sp³-hybridized carbons (Fsp3) is 0.467. The molecule has 3 heterocycles. The van der Waals surface area contributed by atoms with Gasteiger partial charge in [0.15, 0.2) is 0 Å². The van der Waals surface area contributed by atoms with Gasteiger partial charge in [-0.15, -0.1) is 0 Å². The van der Waals surface area contributed by atoms with Gasteiger partial charge in [0, 0.05) is 57.4 Å². The first kappa shape index (κ1) is 25.7. The maximum absolute atomic E-state index is 13.7. The van der Waals surface area contributed by atoms with Gasteiger partial charge in [0.1, 0.15) is 11.9 Å². The third kappa shape index (κ3) is 5.33. The lowest BCUT2D eigenvalue weighted by molar-refractivity contribution is -0.135. The van der Waals surface area contributed by atoms with Crippen molar-refractivity contribution in [2.24, 2.45) is 0 Å². The molecule has 2 N–H and O–H groups in total. The van der Waals surface area contributed by atoms with Crippen LogP contribution in [-0.2, 0) is 22.7 Å². The lowest BCUT2D eigenvalue weighted by Crippen LogP contribution is -2.46. The summed E-state index contributed by atoms with van der Waals surface area (Å²) in [5, 5.41) is 6.24. The summed E-state index contributed by atoms with van der Waals surface area (Å²) in [6.07, 6.45) is 3.24. The zero-order valence-corrected chi connectivity index (χ0v) is 22.7. The number of hydrogen-bond donors (Lipinski definition) is 2. The number of carbonyl (C=O) groups is 2. The molecule has 0 spiro atoms. The zero-order chi connectivity index (χ0) is 27.1. The number of carbonyl (C=O) groups excluding carboxylic acids is 2. The molecule has 0 bridgehead atoms. The highest BCUT2D eigenvalue weighted by Gasteiger charge is 2.32. The van der Waals surface area contributed by atoms with E-state index < -0.39 is 11.9 Å². The van der Waals surface area contributed by atoms with Crippen LogP contribution in [0.3, 0.4) is 0 Å². The van der Waals surface area contributed by atoms with Gasteiger partial charge in [0.25, 0.3) is 5.56 Å². The second kappa shape index (κ2) is 10.5. The van der Waals surface area contributed by atoms with Crippen LogP contribution in [-0.4, -0.2) is 63.4 Å². The van der Waals surface area contributed by atoms with Crippen LogP contribution in [0.25, 0.3) is 10.9 Å². The van der Waals surface area contributed by atoms with Crippen molar-refractivity contribution in [2.45, 2.75) is 64.7 Å². The Morgan fingerprint density at radius 1 is 1.00 bits per heavy atom. The van der Waals surface area contributed by atoms with Gasteiger partial charge in [-0.2, -0.15) is 0 Å². The van der Waals surface area contributed by atoms with Crippen molar-refractivity contribution in [3.8, 4) is 0 Å². The average molecular weight is 529 g/mol. The van der Waals surface area contributed by atoms with Crippen molar-refractivity contribution in [1.82, 2.24) is 24.7 Å². The molecule has 9 nitrogen and oxygen atoms in total. The van der Waals surface area contributed by atoms with Crippen molar-refractivity contribution >= 4 is 28.4 Å². The van der Waals surface area contributed by atoms with E-state index in [0.29, 0.717) is 29.0 Å². The number of piperazine rings is 1. The van der Waals surface area contributed by atoms with Crippen molar-refractivity contribution in [1.29, 1.82) is 0 Å². The number of anilines is 1. The summed E-state index contributed by atoms with van der Waals surface area (Å²) in [5.41, 5.74) is 4.76. The Morgan fingerprint density at radius 3 is 2.51 bits per heavy atom. The SMILES string of the molecule is Cc1cc(CNc2cccc3nc(C)n(C4CCC(=O)NC4=O)c(=O)c23)ccc1CN1CCN(C2CC2)CC1. The van der Waals surface area contributed by atoms with Gasteiger partial charge < -0.3 is 5.32 Å². The number of amides is 2. The lowest BCUT2D eigenvalue weighted by atomic mass is 10.0. The Labute approximate surface area is 228 Å². The molecule has 3 aromatic rings. The third-order valence-electron chi connectivity index (χ3n) is 8.38. The molecule has 2 aliphatic heterocycles. The first-order valence-electron chi connectivity index (χ1n) is 14.0. The number of aryl methyl sites for hydroxylation is 2. The van der Waals surface area contributed by atoms with Gasteiger partial charge in [0.05, 0.1) is 10.9 Å². The monoisotopic (exact) mass is 528 g/mol. The van der Waals surface area contributed by atoms with Gasteiger partial charge in [-0.25, -0.2) is 4.98 Å². The van der Waals surface area contributed by atoms with E-state index >= 15 is 0 Å². The van der Waals surface area contributed by atoms with E-state index in [4.69, 9.17) is 0 Å². The van der Waals surface area contributed by atoms with Gasteiger partial charge >= 0.3 is 0 Å². The van der Waals surface area contributed by atoms with Gasteiger partial charge in [0.2, 0.25) is 11.8 Å². The van der Waals surface area contributed by atoms with E-state index in [2.05, 4.69) is 50.5 Å². The number of hydrogen-bond acceptors (Lipinski definition) is 7. The molecule has 3 fully saturated rings. The first-order chi connectivity index (χ1) is 18.9. The highest BCUT2D eigenvalue weighted by Crippen LogP contribution is 2.28. The second-order valence-electron chi connectivity index (χ2n) is 11.2. The van der Waals surface area contributed by atoms with E-state index in [0.717, 1.165) is 31.2 Å². The lowest BCUT2D eigenvalue weighted by Gasteiger charge is -2.35. The molecule has 204 valence electrons. The van der Waals surface area contributed by atoms with Crippen molar-refractivity contribution in [2.75, 3.05) is 31.5 Å². The molecule has 1 atom stereocenters. The smallest absolute Gasteiger partial charge is 0.264 e. The second-order valence-corrected chi connectivity index (χ2v) is 11.2. The van der Waals surface area contributed by atoms with E-state index in [1.165, 1.54) is 41.6 Å². The summed E-state index contributed by atoms with van der Waals surface area (Å²) in [5.74, 6) is -0.307. The summed E-state index contributed by atoms with van der Waals surface area (Å²) in [7, 11) is 0. The number of rotatable bonds is 7. The number of benzene rings is 2. The van der Waals surface area contributed by atoms with Crippen LogP contribution in [0.5, 0.6) is 0 Å². The van der Waals surface area contributed by atoms with Crippen molar-refractivity contribution < 1.29 is 9.59 Å². The fourth-order valence-electron chi connectivity index (χ4n) is 6.01. The van der Waals surface area contributed by atoms with Crippen LogP contribution in [0.2, 0.25) is 0 Å². The van der Waals surface area contributed by atoms with Gasteiger partial charge in [-0.05, 0) is 61.9 Å². The molecule has 3 aliphatic rings. The average Bonchev–Trinajstić information content (AvgIpc) is 3.76. The molecular weight excluding hydrogens is 492 g/mol. The topological polar surface area (TPSA) is 99.6 Å². The molecule has 1 aromatic heterocycles. The van der Waals surface area contributed by atoms with Crippen LogP contribution in [0.15, 0.2) is 41.2 Å². The fourth-order valence-corrected chi connectivity index (χ4v) is 6.01. The summed E-state index contributed by atoms with van der Waals surface area (Å²) in [6.45, 7) is 10.0. The van der Waals surface area contributed by atoms with Crippen molar-refractivity contribution in [3.05, 3.63) is 69.3 Å². The Hall–Kier alpha value is -3.56. The summed E-state index contributed by atoms with van der Waals surface area (Å²) >= 11 is 0. The predicted molar refractivity (Wildman–Crippen MR) is 151 cm³/mol. The molecule has 1 aliphatic carbocycles. The van der Waals surface area contributed by atoms with Crippen LogP contribution in [0, 0.1) is 13.8 Å². The molecule has 2 amide bonds. The van der Waals surface area contributed by atoms with E-state index in [1.807, 2.05) is 18.2 Å². The maximum Gasteiger partial charge on any atom is 0.264 e. The quantitative estimate of drug-likeness (QED) is 0.455. The molecule has 6 rings (SSSR count). The van der Waals surface area contributed by atoms with E-state index in [1.54, 1.807) is 6.92 Å². The molecule has 9 heteroatoms.